The highest BCUT2D eigenvalue weighted by Gasteiger charge is 2.17. The number of halogens is 1. The maximum Gasteiger partial charge on any atom is 0.237 e. The number of aromatic nitrogens is 3. The monoisotopic (exact) mass is 442 g/mol. The van der Waals surface area contributed by atoms with Crippen molar-refractivity contribution in [3.63, 3.8) is 0 Å². The predicted molar refractivity (Wildman–Crippen MR) is 121 cm³/mol. The summed E-state index contributed by atoms with van der Waals surface area (Å²) < 4.78 is 18.4. The first-order valence-electron chi connectivity index (χ1n) is 9.44. The minimum absolute atomic E-state index is 0.0526. The van der Waals surface area contributed by atoms with Crippen LogP contribution in [0.1, 0.15) is 18.3 Å². The molecule has 1 atom stereocenters. The molecule has 3 rings (SSSR count). The van der Waals surface area contributed by atoms with Gasteiger partial charge < -0.3 is 21.1 Å². The van der Waals surface area contributed by atoms with Gasteiger partial charge >= 0.3 is 0 Å². The van der Waals surface area contributed by atoms with Gasteiger partial charge in [-0.3, -0.25) is 4.79 Å². The van der Waals surface area contributed by atoms with Crippen molar-refractivity contribution in [2.24, 2.45) is 0 Å². The normalized spacial score (nSPS) is 11.6. The zero-order valence-corrected chi connectivity index (χ0v) is 18.2. The molecule has 2 aromatic carbocycles. The Morgan fingerprint density at radius 1 is 1.19 bits per heavy atom. The van der Waals surface area contributed by atoms with Gasteiger partial charge in [0.1, 0.15) is 17.4 Å². The average molecular weight is 443 g/mol. The second-order valence-corrected chi connectivity index (χ2v) is 8.04. The summed E-state index contributed by atoms with van der Waals surface area (Å²) >= 11 is 1.36. The summed E-state index contributed by atoms with van der Waals surface area (Å²) in [7, 11) is 1.56. The maximum absolute atomic E-state index is 13.1. The van der Waals surface area contributed by atoms with E-state index in [1.54, 1.807) is 26.2 Å². The van der Waals surface area contributed by atoms with Crippen LogP contribution in [-0.4, -0.2) is 33.2 Å². The zero-order valence-electron chi connectivity index (χ0n) is 17.3. The number of methoxy groups -OCH3 is 1. The van der Waals surface area contributed by atoms with Gasteiger partial charge in [-0.25, -0.2) is 4.39 Å². The molecule has 0 saturated heterocycles. The van der Waals surface area contributed by atoms with Crippen LogP contribution < -0.4 is 21.1 Å². The Balaban J connectivity index is 1.62. The number of amides is 1. The number of rotatable bonds is 8. The molecule has 10 heteroatoms. The first-order chi connectivity index (χ1) is 14.8. The quantitative estimate of drug-likeness (QED) is 0.481. The van der Waals surface area contributed by atoms with Crippen LogP contribution in [-0.2, 0) is 10.5 Å². The molecule has 1 unspecified atom stereocenters. The molecule has 1 aromatic heterocycles. The number of nitrogens with two attached hydrogens (primary N) is 1. The van der Waals surface area contributed by atoms with Crippen molar-refractivity contribution in [2.75, 3.05) is 23.5 Å². The van der Waals surface area contributed by atoms with E-state index in [-0.39, 0.29) is 28.9 Å². The Labute approximate surface area is 183 Å². The number of carbonyl (C=O) groups is 1. The SMILES string of the molecule is COc1ccc(C)cc1NC(=O)C(C)SCc1nc(N)nc(Nc2ccc(F)cc2)n1. The first kappa shape index (κ1) is 22.3. The van der Waals surface area contributed by atoms with E-state index in [2.05, 4.69) is 25.6 Å². The number of hydrogen-bond donors (Lipinski definition) is 3. The van der Waals surface area contributed by atoms with Crippen molar-refractivity contribution in [3.05, 3.63) is 59.7 Å². The number of thioether (sulfide) groups is 1. The number of nitrogens with one attached hydrogen (secondary N) is 2. The van der Waals surface area contributed by atoms with Crippen LogP contribution in [0.15, 0.2) is 42.5 Å². The Bertz CT molecular complexity index is 1060. The van der Waals surface area contributed by atoms with Gasteiger partial charge in [0.05, 0.1) is 23.8 Å². The minimum atomic E-state index is -0.378. The molecule has 31 heavy (non-hydrogen) atoms. The molecule has 0 bridgehead atoms. The van der Waals surface area contributed by atoms with E-state index in [1.807, 2.05) is 25.1 Å². The second-order valence-electron chi connectivity index (χ2n) is 6.71. The van der Waals surface area contributed by atoms with Crippen LogP contribution >= 0.6 is 11.8 Å². The molecule has 162 valence electrons. The lowest BCUT2D eigenvalue weighted by molar-refractivity contribution is -0.115. The minimum Gasteiger partial charge on any atom is -0.495 e. The molecule has 3 aromatic rings. The van der Waals surface area contributed by atoms with Crippen LogP contribution in [0.2, 0.25) is 0 Å². The van der Waals surface area contributed by atoms with Crippen LogP contribution in [0.4, 0.5) is 27.7 Å². The van der Waals surface area contributed by atoms with Crippen LogP contribution in [0.25, 0.3) is 0 Å². The molecule has 0 fully saturated rings. The zero-order chi connectivity index (χ0) is 22.4. The summed E-state index contributed by atoms with van der Waals surface area (Å²) in [5.74, 6) is 1.17. The van der Waals surface area contributed by atoms with E-state index in [0.29, 0.717) is 28.7 Å². The molecular formula is C21H23FN6O2S. The topological polar surface area (TPSA) is 115 Å². The summed E-state index contributed by atoms with van der Waals surface area (Å²) in [6.07, 6.45) is 0. The number of benzene rings is 2. The highest BCUT2D eigenvalue weighted by Crippen LogP contribution is 2.27. The number of aryl methyl sites for hydroxylation is 1. The van der Waals surface area contributed by atoms with E-state index in [4.69, 9.17) is 10.5 Å². The lowest BCUT2D eigenvalue weighted by atomic mass is 10.2. The van der Waals surface area contributed by atoms with Gasteiger partial charge in [0.2, 0.25) is 17.8 Å². The summed E-state index contributed by atoms with van der Waals surface area (Å²) in [6.45, 7) is 3.74. The number of ether oxygens (including phenoxy) is 1. The van der Waals surface area contributed by atoms with Crippen molar-refractivity contribution in [1.82, 2.24) is 15.0 Å². The molecule has 1 amide bonds. The highest BCUT2D eigenvalue weighted by molar-refractivity contribution is 7.99. The number of anilines is 4. The van der Waals surface area contributed by atoms with Crippen molar-refractivity contribution < 1.29 is 13.9 Å². The van der Waals surface area contributed by atoms with E-state index < -0.39 is 0 Å². The fourth-order valence-corrected chi connectivity index (χ4v) is 3.39. The Hall–Kier alpha value is -3.40. The smallest absolute Gasteiger partial charge is 0.237 e. The van der Waals surface area contributed by atoms with E-state index in [9.17, 15) is 9.18 Å². The number of nitrogen functional groups attached to an aromatic ring is 1. The van der Waals surface area contributed by atoms with E-state index in [0.717, 1.165) is 5.56 Å². The summed E-state index contributed by atoms with van der Waals surface area (Å²) in [4.78, 5) is 25.1. The molecule has 1 heterocycles. The van der Waals surface area contributed by atoms with Gasteiger partial charge in [-0.2, -0.15) is 15.0 Å². The molecule has 0 radical (unpaired) electrons. The van der Waals surface area contributed by atoms with Gasteiger partial charge in [0.25, 0.3) is 0 Å². The number of nitrogens with zero attached hydrogens (tertiary/aromatic N) is 3. The van der Waals surface area contributed by atoms with Crippen LogP contribution in [0, 0.1) is 12.7 Å². The van der Waals surface area contributed by atoms with E-state index in [1.165, 1.54) is 23.9 Å². The third-order valence-electron chi connectivity index (χ3n) is 4.24. The lowest BCUT2D eigenvalue weighted by Crippen LogP contribution is -2.23. The molecular weight excluding hydrogens is 419 g/mol. The van der Waals surface area contributed by atoms with Crippen molar-refractivity contribution in [1.29, 1.82) is 0 Å². The van der Waals surface area contributed by atoms with Gasteiger partial charge in [-0.05, 0) is 55.8 Å². The second kappa shape index (κ2) is 10.1. The molecule has 0 aliphatic carbocycles. The molecule has 8 nitrogen and oxygen atoms in total. The van der Waals surface area contributed by atoms with Gasteiger partial charge in [-0.15, -0.1) is 11.8 Å². The van der Waals surface area contributed by atoms with E-state index >= 15 is 0 Å². The molecule has 4 N–H and O–H groups in total. The first-order valence-corrected chi connectivity index (χ1v) is 10.5. The maximum atomic E-state index is 13.1. The predicted octanol–water partition coefficient (Wildman–Crippen LogP) is 3.91. The van der Waals surface area contributed by atoms with Crippen molar-refractivity contribution in [3.8, 4) is 5.75 Å². The van der Waals surface area contributed by atoms with Gasteiger partial charge in [0.15, 0.2) is 0 Å². The molecule has 0 spiro atoms. The molecule has 0 saturated carbocycles. The summed E-state index contributed by atoms with van der Waals surface area (Å²) in [5.41, 5.74) is 8.04. The fourth-order valence-electron chi connectivity index (χ4n) is 2.65. The Morgan fingerprint density at radius 2 is 1.94 bits per heavy atom. The van der Waals surface area contributed by atoms with Gasteiger partial charge in [-0.1, -0.05) is 6.07 Å². The average Bonchev–Trinajstić information content (AvgIpc) is 2.73. The van der Waals surface area contributed by atoms with Crippen LogP contribution in [0.3, 0.4) is 0 Å². The van der Waals surface area contributed by atoms with Crippen molar-refractivity contribution >= 4 is 40.9 Å². The van der Waals surface area contributed by atoms with Crippen LogP contribution in [0.5, 0.6) is 5.75 Å². The third kappa shape index (κ3) is 6.29. The number of carbonyl (C=O) groups excluding carboxylic acids is 1. The fraction of sp³-hybridized carbons (Fsp3) is 0.238. The highest BCUT2D eigenvalue weighted by atomic mass is 32.2. The standard InChI is InChI=1S/C21H23FN6O2S/c1-12-4-9-17(30-3)16(10-12)25-19(29)13(2)31-11-18-26-20(23)28-21(27-18)24-15-7-5-14(22)6-8-15/h4-10,13H,11H2,1-3H3,(H,25,29)(H3,23,24,26,27,28). The van der Waals surface area contributed by atoms with Crippen molar-refractivity contribution in [2.45, 2.75) is 24.9 Å². The molecule has 0 aliphatic heterocycles. The summed E-state index contributed by atoms with van der Waals surface area (Å²) in [6, 6.07) is 11.4. The third-order valence-corrected chi connectivity index (χ3v) is 5.38. The van der Waals surface area contributed by atoms with Gasteiger partial charge in [0, 0.05) is 5.69 Å². The number of hydrogen-bond acceptors (Lipinski definition) is 8. The largest absolute Gasteiger partial charge is 0.495 e. The summed E-state index contributed by atoms with van der Waals surface area (Å²) in [5, 5.41) is 5.48. The Kier molecular flexibility index (Phi) is 7.24. The Morgan fingerprint density at radius 3 is 2.65 bits per heavy atom. The molecule has 0 aliphatic rings. The lowest BCUT2D eigenvalue weighted by Gasteiger charge is -2.15.